The second kappa shape index (κ2) is 8.01. The molecule has 2 aromatic carbocycles. The second-order valence-electron chi connectivity index (χ2n) is 6.39. The van der Waals surface area contributed by atoms with Gasteiger partial charge >= 0.3 is 0 Å². The van der Waals surface area contributed by atoms with Gasteiger partial charge in [-0.05, 0) is 47.7 Å². The highest BCUT2D eigenvalue weighted by Crippen LogP contribution is 2.26. The number of guanidine groups is 1. The number of nitrogens with zero attached hydrogens (tertiary/aromatic N) is 2. The number of rotatable bonds is 4. The van der Waals surface area contributed by atoms with Crippen LogP contribution >= 0.6 is 0 Å². The SMILES string of the molecule is CN=C(NCc1ccc(F)cc1)NCc1ccc2c(c1)CCCN2C. The summed E-state index contributed by atoms with van der Waals surface area (Å²) >= 11 is 0. The third kappa shape index (κ3) is 4.50. The molecule has 4 nitrogen and oxygen atoms in total. The maximum absolute atomic E-state index is 12.9. The first kappa shape index (κ1) is 17.3. The maximum atomic E-state index is 12.9. The molecule has 1 aliphatic rings. The summed E-state index contributed by atoms with van der Waals surface area (Å²) in [6.45, 7) is 2.46. The molecule has 0 spiro atoms. The minimum Gasteiger partial charge on any atom is -0.374 e. The summed E-state index contributed by atoms with van der Waals surface area (Å²) < 4.78 is 12.9. The van der Waals surface area contributed by atoms with Gasteiger partial charge in [-0.2, -0.15) is 0 Å². The summed E-state index contributed by atoms with van der Waals surface area (Å²) in [7, 11) is 3.90. The van der Waals surface area contributed by atoms with Crippen LogP contribution in [0.3, 0.4) is 0 Å². The zero-order chi connectivity index (χ0) is 17.6. The predicted molar refractivity (Wildman–Crippen MR) is 101 cm³/mol. The molecule has 1 heterocycles. The number of fused-ring (bicyclic) bond motifs is 1. The lowest BCUT2D eigenvalue weighted by atomic mass is 9.99. The number of aryl methyl sites for hydroxylation is 1. The van der Waals surface area contributed by atoms with Crippen molar-refractivity contribution in [2.24, 2.45) is 4.99 Å². The van der Waals surface area contributed by atoms with Crippen LogP contribution in [-0.4, -0.2) is 26.6 Å². The van der Waals surface area contributed by atoms with Gasteiger partial charge in [-0.1, -0.05) is 24.3 Å². The molecular weight excluding hydrogens is 315 g/mol. The zero-order valence-electron chi connectivity index (χ0n) is 14.8. The molecule has 2 N–H and O–H groups in total. The van der Waals surface area contributed by atoms with Crippen LogP contribution in [0.25, 0.3) is 0 Å². The molecule has 0 unspecified atom stereocenters. The van der Waals surface area contributed by atoms with E-state index in [-0.39, 0.29) is 5.82 Å². The van der Waals surface area contributed by atoms with Crippen LogP contribution in [0.4, 0.5) is 10.1 Å². The summed E-state index contributed by atoms with van der Waals surface area (Å²) in [6, 6.07) is 13.1. The van der Waals surface area contributed by atoms with Gasteiger partial charge < -0.3 is 15.5 Å². The van der Waals surface area contributed by atoms with E-state index in [1.54, 1.807) is 19.2 Å². The van der Waals surface area contributed by atoms with Crippen molar-refractivity contribution in [2.75, 3.05) is 25.5 Å². The number of hydrogen-bond acceptors (Lipinski definition) is 2. The molecule has 0 atom stereocenters. The molecule has 0 saturated carbocycles. The smallest absolute Gasteiger partial charge is 0.191 e. The summed E-state index contributed by atoms with van der Waals surface area (Å²) in [5.41, 5.74) is 5.02. The van der Waals surface area contributed by atoms with Gasteiger partial charge in [0.15, 0.2) is 5.96 Å². The van der Waals surface area contributed by atoms with Crippen molar-refractivity contribution in [2.45, 2.75) is 25.9 Å². The lowest BCUT2D eigenvalue weighted by Gasteiger charge is -2.28. The molecule has 5 heteroatoms. The van der Waals surface area contributed by atoms with Gasteiger partial charge in [-0.3, -0.25) is 4.99 Å². The molecule has 0 radical (unpaired) electrons. The molecule has 132 valence electrons. The molecule has 0 fully saturated rings. The summed E-state index contributed by atoms with van der Waals surface area (Å²) in [6.07, 6.45) is 2.35. The van der Waals surface area contributed by atoms with Crippen LogP contribution in [0.1, 0.15) is 23.1 Å². The lowest BCUT2D eigenvalue weighted by Crippen LogP contribution is -2.36. The van der Waals surface area contributed by atoms with Gasteiger partial charge in [0, 0.05) is 39.4 Å². The molecule has 2 aromatic rings. The van der Waals surface area contributed by atoms with E-state index in [0.29, 0.717) is 6.54 Å². The topological polar surface area (TPSA) is 39.7 Å². The fourth-order valence-electron chi connectivity index (χ4n) is 3.14. The molecule has 3 rings (SSSR count). The van der Waals surface area contributed by atoms with Crippen molar-refractivity contribution in [3.63, 3.8) is 0 Å². The Morgan fingerprint density at radius 2 is 1.76 bits per heavy atom. The Balaban J connectivity index is 1.55. The Bertz CT molecular complexity index is 740. The monoisotopic (exact) mass is 340 g/mol. The summed E-state index contributed by atoms with van der Waals surface area (Å²) in [4.78, 5) is 6.57. The van der Waals surface area contributed by atoms with Crippen LogP contribution in [0.15, 0.2) is 47.5 Å². The fourth-order valence-corrected chi connectivity index (χ4v) is 3.14. The van der Waals surface area contributed by atoms with E-state index in [1.165, 1.54) is 35.4 Å². The number of aliphatic imine (C=N–C) groups is 1. The number of anilines is 1. The first-order valence-corrected chi connectivity index (χ1v) is 8.67. The Morgan fingerprint density at radius 3 is 2.48 bits per heavy atom. The van der Waals surface area contributed by atoms with Gasteiger partial charge in [-0.25, -0.2) is 4.39 Å². The highest BCUT2D eigenvalue weighted by molar-refractivity contribution is 5.79. The van der Waals surface area contributed by atoms with Crippen molar-refractivity contribution in [3.8, 4) is 0 Å². The fraction of sp³-hybridized carbons (Fsp3) is 0.350. The highest BCUT2D eigenvalue weighted by Gasteiger charge is 2.13. The molecule has 25 heavy (non-hydrogen) atoms. The third-order valence-corrected chi connectivity index (χ3v) is 4.55. The second-order valence-corrected chi connectivity index (χ2v) is 6.39. The van der Waals surface area contributed by atoms with Gasteiger partial charge in [-0.15, -0.1) is 0 Å². The minimum atomic E-state index is -0.218. The maximum Gasteiger partial charge on any atom is 0.191 e. The van der Waals surface area contributed by atoms with E-state index in [9.17, 15) is 4.39 Å². The van der Waals surface area contributed by atoms with E-state index in [2.05, 4.69) is 45.8 Å². The van der Waals surface area contributed by atoms with Crippen molar-refractivity contribution in [1.82, 2.24) is 10.6 Å². The van der Waals surface area contributed by atoms with E-state index in [0.717, 1.165) is 31.0 Å². The van der Waals surface area contributed by atoms with Crippen LogP contribution in [0.2, 0.25) is 0 Å². The molecule has 0 aliphatic carbocycles. The standard InChI is InChI=1S/C20H25FN4/c1-22-20(23-13-15-5-8-18(21)9-6-15)24-14-16-7-10-19-17(12-16)4-3-11-25(19)2/h5-10,12H,3-4,11,13-14H2,1-2H3,(H2,22,23,24). The minimum absolute atomic E-state index is 0.218. The highest BCUT2D eigenvalue weighted by atomic mass is 19.1. The molecular formula is C20H25FN4. The molecule has 1 aliphatic heterocycles. The van der Waals surface area contributed by atoms with E-state index >= 15 is 0 Å². The van der Waals surface area contributed by atoms with E-state index in [4.69, 9.17) is 0 Å². The summed E-state index contributed by atoms with van der Waals surface area (Å²) in [5, 5.41) is 6.59. The number of halogens is 1. The molecule has 0 amide bonds. The van der Waals surface area contributed by atoms with Crippen LogP contribution < -0.4 is 15.5 Å². The van der Waals surface area contributed by atoms with Crippen LogP contribution in [0, 0.1) is 5.82 Å². The van der Waals surface area contributed by atoms with Gasteiger partial charge in [0.2, 0.25) is 0 Å². The molecule has 0 aromatic heterocycles. The van der Waals surface area contributed by atoms with E-state index in [1.807, 2.05) is 0 Å². The first-order chi connectivity index (χ1) is 12.2. The number of hydrogen-bond donors (Lipinski definition) is 2. The third-order valence-electron chi connectivity index (χ3n) is 4.55. The predicted octanol–water partition coefficient (Wildman–Crippen LogP) is 3.07. The number of benzene rings is 2. The van der Waals surface area contributed by atoms with Crippen LogP contribution in [0.5, 0.6) is 0 Å². The van der Waals surface area contributed by atoms with Crippen molar-refractivity contribution in [3.05, 3.63) is 65.0 Å². The van der Waals surface area contributed by atoms with Crippen molar-refractivity contribution in [1.29, 1.82) is 0 Å². The quantitative estimate of drug-likeness (QED) is 0.664. The Hall–Kier alpha value is -2.56. The Morgan fingerprint density at radius 1 is 1.08 bits per heavy atom. The average Bonchev–Trinajstić information content (AvgIpc) is 2.63. The van der Waals surface area contributed by atoms with Crippen molar-refractivity contribution >= 4 is 11.6 Å². The first-order valence-electron chi connectivity index (χ1n) is 8.67. The number of nitrogens with one attached hydrogen (secondary N) is 2. The van der Waals surface area contributed by atoms with Crippen LogP contribution in [-0.2, 0) is 19.5 Å². The van der Waals surface area contributed by atoms with E-state index < -0.39 is 0 Å². The van der Waals surface area contributed by atoms with Gasteiger partial charge in [0.25, 0.3) is 0 Å². The van der Waals surface area contributed by atoms with Gasteiger partial charge in [0.05, 0.1) is 0 Å². The summed E-state index contributed by atoms with van der Waals surface area (Å²) in [5.74, 6) is 0.517. The van der Waals surface area contributed by atoms with Crippen molar-refractivity contribution < 1.29 is 4.39 Å². The normalized spacial score (nSPS) is 14.2. The zero-order valence-corrected chi connectivity index (χ0v) is 14.8. The molecule has 0 saturated heterocycles. The lowest BCUT2D eigenvalue weighted by molar-refractivity contribution is 0.626. The Kier molecular flexibility index (Phi) is 5.53. The Labute approximate surface area is 148 Å². The van der Waals surface area contributed by atoms with Gasteiger partial charge in [0.1, 0.15) is 5.82 Å². The average molecular weight is 340 g/mol. The molecule has 0 bridgehead atoms. The largest absolute Gasteiger partial charge is 0.374 e.